The molecule has 0 spiro atoms. The van der Waals surface area contributed by atoms with Crippen LogP contribution in [-0.2, 0) is 6.42 Å². The molecule has 2 rings (SSSR count). The lowest BCUT2D eigenvalue weighted by Gasteiger charge is -2.31. The van der Waals surface area contributed by atoms with Gasteiger partial charge in [-0.15, -0.1) is 0 Å². The van der Waals surface area contributed by atoms with Crippen LogP contribution in [0.25, 0.3) is 0 Å². The quantitative estimate of drug-likeness (QED) is 0.902. The molecule has 1 aromatic heterocycles. The number of rotatable bonds is 5. The number of anilines is 2. The molecule has 1 aliphatic heterocycles. The Morgan fingerprint density at radius 1 is 1.29 bits per heavy atom. The largest absolute Gasteiger partial charge is 0.370 e. The van der Waals surface area contributed by atoms with Crippen LogP contribution >= 0.6 is 0 Å². The maximum absolute atomic E-state index is 4.62. The average Bonchev–Trinajstić information content (AvgIpc) is 2.64. The van der Waals surface area contributed by atoms with E-state index < -0.39 is 0 Å². The summed E-state index contributed by atoms with van der Waals surface area (Å²) >= 11 is 0. The third kappa shape index (κ3) is 3.84. The van der Waals surface area contributed by atoms with E-state index in [2.05, 4.69) is 52.9 Å². The van der Waals surface area contributed by atoms with Crippen molar-refractivity contribution >= 4 is 11.6 Å². The molecule has 0 aliphatic carbocycles. The number of nitrogens with one attached hydrogen (secondary N) is 1. The first-order valence-corrected chi connectivity index (χ1v) is 8.20. The fraction of sp³-hybridized carbons (Fsp3) is 0.750. The van der Waals surface area contributed by atoms with E-state index in [1.807, 2.05) is 0 Å². The van der Waals surface area contributed by atoms with Gasteiger partial charge in [-0.3, -0.25) is 0 Å². The van der Waals surface area contributed by atoms with E-state index in [0.717, 1.165) is 50.7 Å². The van der Waals surface area contributed by atoms with E-state index >= 15 is 0 Å². The minimum Gasteiger partial charge on any atom is -0.370 e. The van der Waals surface area contributed by atoms with Crippen LogP contribution in [0.15, 0.2) is 6.33 Å². The Kier molecular flexibility index (Phi) is 5.79. The summed E-state index contributed by atoms with van der Waals surface area (Å²) in [6.45, 7) is 10.9. The smallest absolute Gasteiger partial charge is 0.137 e. The van der Waals surface area contributed by atoms with Crippen molar-refractivity contribution in [2.24, 2.45) is 0 Å². The Hall–Kier alpha value is -1.36. The minimum absolute atomic E-state index is 0.483. The van der Waals surface area contributed by atoms with Crippen molar-refractivity contribution in [3.63, 3.8) is 0 Å². The first-order chi connectivity index (χ1) is 10.2. The zero-order valence-corrected chi connectivity index (χ0v) is 13.9. The second kappa shape index (κ2) is 7.59. The Morgan fingerprint density at radius 2 is 2.10 bits per heavy atom. The van der Waals surface area contributed by atoms with Crippen LogP contribution in [0.1, 0.15) is 39.2 Å². The van der Waals surface area contributed by atoms with E-state index in [1.54, 1.807) is 6.33 Å². The van der Waals surface area contributed by atoms with Crippen LogP contribution in [0.4, 0.5) is 11.6 Å². The van der Waals surface area contributed by atoms with Crippen LogP contribution in [-0.4, -0.2) is 54.1 Å². The highest BCUT2D eigenvalue weighted by atomic mass is 15.3. The fourth-order valence-corrected chi connectivity index (χ4v) is 3.06. The van der Waals surface area contributed by atoms with Gasteiger partial charge in [-0.1, -0.05) is 13.8 Å². The third-order valence-electron chi connectivity index (χ3n) is 4.14. The minimum atomic E-state index is 0.483. The molecule has 5 nitrogen and oxygen atoms in total. The van der Waals surface area contributed by atoms with Gasteiger partial charge in [0.1, 0.15) is 18.0 Å². The van der Waals surface area contributed by atoms with Gasteiger partial charge in [0.25, 0.3) is 0 Å². The Morgan fingerprint density at radius 3 is 2.81 bits per heavy atom. The summed E-state index contributed by atoms with van der Waals surface area (Å²) in [5.74, 6) is 2.13. The summed E-state index contributed by atoms with van der Waals surface area (Å²) in [5.41, 5.74) is 1.25. The maximum Gasteiger partial charge on any atom is 0.137 e. The summed E-state index contributed by atoms with van der Waals surface area (Å²) in [6, 6.07) is 0.483. The van der Waals surface area contributed by atoms with Crippen LogP contribution in [0.5, 0.6) is 0 Å². The van der Waals surface area contributed by atoms with Gasteiger partial charge in [-0.05, 0) is 39.8 Å². The number of hydrogen-bond acceptors (Lipinski definition) is 5. The monoisotopic (exact) mass is 291 g/mol. The predicted molar refractivity (Wildman–Crippen MR) is 89.1 cm³/mol. The second-order valence-electron chi connectivity index (χ2n) is 5.96. The third-order valence-corrected chi connectivity index (χ3v) is 4.14. The number of likely N-dealkylation sites (N-methyl/N-ethyl adjacent to an activating group) is 1. The molecule has 1 saturated heterocycles. The maximum atomic E-state index is 4.62. The van der Waals surface area contributed by atoms with Crippen molar-refractivity contribution in [2.75, 3.05) is 43.4 Å². The predicted octanol–water partition coefficient (Wildman–Crippen LogP) is 2.39. The van der Waals surface area contributed by atoms with Crippen molar-refractivity contribution < 1.29 is 0 Å². The molecule has 0 aromatic carbocycles. The summed E-state index contributed by atoms with van der Waals surface area (Å²) < 4.78 is 0. The standard InChI is InChI=1S/C16H29N5/c1-5-8-17-15-14(6-2)16(19-12-18-15)21-10-7-9-20(4)11-13(21)3/h12-13H,5-11H2,1-4H3,(H,17,18,19). The molecule has 0 radical (unpaired) electrons. The van der Waals surface area contributed by atoms with Crippen molar-refractivity contribution in [1.29, 1.82) is 0 Å². The second-order valence-corrected chi connectivity index (χ2v) is 5.96. The van der Waals surface area contributed by atoms with Crippen LogP contribution < -0.4 is 10.2 Å². The van der Waals surface area contributed by atoms with Crippen LogP contribution in [0.2, 0.25) is 0 Å². The van der Waals surface area contributed by atoms with Crippen molar-refractivity contribution in [3.8, 4) is 0 Å². The Bertz CT molecular complexity index is 448. The molecule has 0 amide bonds. The molecule has 1 N–H and O–H groups in total. The van der Waals surface area contributed by atoms with Crippen molar-refractivity contribution in [2.45, 2.75) is 46.1 Å². The molecular weight excluding hydrogens is 262 g/mol. The lowest BCUT2D eigenvalue weighted by Crippen LogP contribution is -2.39. The fourth-order valence-electron chi connectivity index (χ4n) is 3.06. The topological polar surface area (TPSA) is 44.3 Å². The first kappa shape index (κ1) is 16.0. The molecule has 118 valence electrons. The summed E-state index contributed by atoms with van der Waals surface area (Å²) in [4.78, 5) is 13.9. The first-order valence-electron chi connectivity index (χ1n) is 8.20. The highest BCUT2D eigenvalue weighted by Gasteiger charge is 2.24. The summed E-state index contributed by atoms with van der Waals surface area (Å²) in [7, 11) is 2.20. The molecule has 21 heavy (non-hydrogen) atoms. The van der Waals surface area contributed by atoms with Gasteiger partial charge in [0.05, 0.1) is 0 Å². The van der Waals surface area contributed by atoms with E-state index in [1.165, 1.54) is 12.0 Å². The SMILES string of the molecule is CCCNc1ncnc(N2CCCN(C)CC2C)c1CC. The average molecular weight is 291 g/mol. The molecule has 1 atom stereocenters. The molecule has 1 fully saturated rings. The van der Waals surface area contributed by atoms with E-state index in [0.29, 0.717) is 6.04 Å². The van der Waals surface area contributed by atoms with Gasteiger partial charge in [0.15, 0.2) is 0 Å². The Balaban J connectivity index is 2.28. The molecule has 5 heteroatoms. The molecule has 2 heterocycles. The molecule has 1 aromatic rings. The zero-order chi connectivity index (χ0) is 15.2. The number of nitrogens with zero attached hydrogens (tertiary/aromatic N) is 4. The van der Waals surface area contributed by atoms with E-state index in [-0.39, 0.29) is 0 Å². The zero-order valence-electron chi connectivity index (χ0n) is 13.9. The lowest BCUT2D eigenvalue weighted by molar-refractivity contribution is 0.337. The number of aromatic nitrogens is 2. The highest BCUT2D eigenvalue weighted by Crippen LogP contribution is 2.27. The van der Waals surface area contributed by atoms with Crippen LogP contribution in [0.3, 0.4) is 0 Å². The van der Waals surface area contributed by atoms with Gasteiger partial charge in [0.2, 0.25) is 0 Å². The van der Waals surface area contributed by atoms with E-state index in [4.69, 9.17) is 0 Å². The molecule has 0 saturated carbocycles. The van der Waals surface area contributed by atoms with E-state index in [9.17, 15) is 0 Å². The van der Waals surface area contributed by atoms with Gasteiger partial charge >= 0.3 is 0 Å². The van der Waals surface area contributed by atoms with Gasteiger partial charge < -0.3 is 15.1 Å². The molecule has 1 aliphatic rings. The molecule has 0 bridgehead atoms. The van der Waals surface area contributed by atoms with Gasteiger partial charge in [-0.2, -0.15) is 0 Å². The van der Waals surface area contributed by atoms with Crippen molar-refractivity contribution in [1.82, 2.24) is 14.9 Å². The van der Waals surface area contributed by atoms with Crippen LogP contribution in [0, 0.1) is 0 Å². The summed E-state index contributed by atoms with van der Waals surface area (Å²) in [5, 5.41) is 3.44. The Labute approximate surface area is 128 Å². The van der Waals surface area contributed by atoms with Gasteiger partial charge in [-0.25, -0.2) is 9.97 Å². The lowest BCUT2D eigenvalue weighted by atomic mass is 10.1. The molecular formula is C16H29N5. The highest BCUT2D eigenvalue weighted by molar-refractivity contribution is 5.59. The van der Waals surface area contributed by atoms with Gasteiger partial charge in [0, 0.05) is 31.2 Å². The number of hydrogen-bond donors (Lipinski definition) is 1. The van der Waals surface area contributed by atoms with Crippen molar-refractivity contribution in [3.05, 3.63) is 11.9 Å². The normalized spacial score (nSPS) is 20.4. The summed E-state index contributed by atoms with van der Waals surface area (Å²) in [6.07, 6.45) is 4.95. The molecule has 1 unspecified atom stereocenters.